The Balaban J connectivity index is 1.25. The number of carbonyl (C=O) groups is 1. The molecule has 3 heterocycles. The van der Waals surface area contributed by atoms with Crippen LogP contribution >= 0.6 is 11.3 Å². The zero-order valence-electron chi connectivity index (χ0n) is 20.0. The zero-order chi connectivity index (χ0) is 23.5. The van der Waals surface area contributed by atoms with Crippen LogP contribution in [-0.4, -0.2) is 29.8 Å². The smallest absolute Gasteiger partial charge is 0.220 e. The maximum absolute atomic E-state index is 11.7. The Hall–Kier alpha value is -2.38. The quantitative estimate of drug-likeness (QED) is 0.571. The highest BCUT2D eigenvalue weighted by molar-refractivity contribution is 7.09. The molecule has 0 radical (unpaired) electrons. The number of fused-ring (bicyclic) bond motifs is 2. The summed E-state index contributed by atoms with van der Waals surface area (Å²) >= 11 is 1.82. The van der Waals surface area contributed by atoms with Gasteiger partial charge < -0.3 is 20.5 Å². The van der Waals surface area contributed by atoms with Gasteiger partial charge >= 0.3 is 0 Å². The van der Waals surface area contributed by atoms with Crippen molar-refractivity contribution in [3.05, 3.63) is 56.8 Å². The van der Waals surface area contributed by atoms with Gasteiger partial charge in [-0.1, -0.05) is 24.1 Å². The molecule has 3 N–H and O–H groups in total. The number of hydrogen-bond acceptors (Lipinski definition) is 6. The average molecular weight is 492 g/mol. The molecule has 5 atom stereocenters. The van der Waals surface area contributed by atoms with Crippen LogP contribution in [0.4, 0.5) is 0 Å². The molecule has 6 aliphatic rings. The lowest BCUT2D eigenvalue weighted by molar-refractivity contribution is -0.122. The molecule has 35 heavy (non-hydrogen) atoms. The van der Waals surface area contributed by atoms with Gasteiger partial charge in [0.05, 0.1) is 22.4 Å². The lowest BCUT2D eigenvalue weighted by Gasteiger charge is -2.29. The SMILES string of the molecule is NC(=O)C1CC=C(C2NC(c3csc(C4CCC4)n3)=C(C3=CC=C4OCOC4C3)CC3CC32)CC1. The predicted molar refractivity (Wildman–Crippen MR) is 135 cm³/mol. The fourth-order valence-corrected chi connectivity index (χ4v) is 7.49. The molecule has 6 nitrogen and oxygen atoms in total. The summed E-state index contributed by atoms with van der Waals surface area (Å²) in [5, 5.41) is 7.60. The molecular formula is C28H33N3O3S. The molecule has 7 heteroatoms. The first-order chi connectivity index (χ1) is 17.1. The van der Waals surface area contributed by atoms with Gasteiger partial charge in [0.2, 0.25) is 5.91 Å². The molecule has 1 saturated heterocycles. The van der Waals surface area contributed by atoms with E-state index in [0.717, 1.165) is 43.6 Å². The molecule has 0 aromatic carbocycles. The van der Waals surface area contributed by atoms with Gasteiger partial charge in [-0.25, -0.2) is 4.98 Å². The maximum Gasteiger partial charge on any atom is 0.220 e. The molecule has 184 valence electrons. The van der Waals surface area contributed by atoms with Crippen molar-refractivity contribution in [2.75, 3.05) is 6.79 Å². The summed E-state index contributed by atoms with van der Waals surface area (Å²) in [4.78, 5) is 16.9. The van der Waals surface area contributed by atoms with Gasteiger partial charge in [-0.2, -0.15) is 0 Å². The molecule has 7 rings (SSSR count). The van der Waals surface area contributed by atoms with Gasteiger partial charge in [-0.3, -0.25) is 4.79 Å². The summed E-state index contributed by atoms with van der Waals surface area (Å²) < 4.78 is 11.5. The Morgan fingerprint density at radius 3 is 2.89 bits per heavy atom. The summed E-state index contributed by atoms with van der Waals surface area (Å²) in [5.74, 6) is 2.74. The Bertz CT molecular complexity index is 1170. The second-order valence-corrected chi connectivity index (χ2v) is 12.0. The van der Waals surface area contributed by atoms with E-state index in [1.54, 1.807) is 0 Å². The van der Waals surface area contributed by atoms with Crippen LogP contribution in [0.3, 0.4) is 0 Å². The van der Waals surface area contributed by atoms with Crippen LogP contribution in [0, 0.1) is 17.8 Å². The van der Waals surface area contributed by atoms with Gasteiger partial charge in [0, 0.05) is 23.6 Å². The molecule has 4 aliphatic carbocycles. The number of allylic oxidation sites excluding steroid dienone is 4. The number of hydrogen-bond donors (Lipinski definition) is 2. The first-order valence-electron chi connectivity index (χ1n) is 13.2. The van der Waals surface area contributed by atoms with Crippen molar-refractivity contribution in [2.45, 2.75) is 75.9 Å². The van der Waals surface area contributed by atoms with Crippen molar-refractivity contribution in [2.24, 2.45) is 23.5 Å². The number of nitrogens with zero attached hydrogens (tertiary/aromatic N) is 1. The van der Waals surface area contributed by atoms with Crippen LogP contribution in [0.1, 0.15) is 74.4 Å². The summed E-state index contributed by atoms with van der Waals surface area (Å²) in [6.07, 6.45) is 16.3. The predicted octanol–water partition coefficient (Wildman–Crippen LogP) is 4.92. The largest absolute Gasteiger partial charge is 0.469 e. The van der Waals surface area contributed by atoms with E-state index < -0.39 is 0 Å². The molecule has 2 saturated carbocycles. The van der Waals surface area contributed by atoms with Gasteiger partial charge in [0.1, 0.15) is 11.9 Å². The number of carbonyl (C=O) groups excluding carboxylic acids is 1. The third-order valence-corrected chi connectivity index (χ3v) is 10.0. The summed E-state index contributed by atoms with van der Waals surface area (Å²) in [6.45, 7) is 0.353. The lowest BCUT2D eigenvalue weighted by atomic mass is 9.84. The molecule has 1 aromatic rings. The van der Waals surface area contributed by atoms with Crippen LogP contribution in [0.25, 0.3) is 5.70 Å². The summed E-state index contributed by atoms with van der Waals surface area (Å²) in [6, 6.07) is 0.316. The molecule has 0 bridgehead atoms. The number of nitrogens with two attached hydrogens (primary N) is 1. The van der Waals surface area contributed by atoms with Crippen molar-refractivity contribution in [1.82, 2.24) is 10.3 Å². The molecule has 0 spiro atoms. The first kappa shape index (κ1) is 21.9. The molecule has 2 aliphatic heterocycles. The number of nitrogens with one attached hydrogen (secondary N) is 1. The fraction of sp³-hybridized carbons (Fsp3) is 0.571. The van der Waals surface area contributed by atoms with Crippen molar-refractivity contribution < 1.29 is 14.3 Å². The third kappa shape index (κ3) is 3.97. The monoisotopic (exact) mass is 491 g/mol. The highest BCUT2D eigenvalue weighted by Crippen LogP contribution is 2.53. The number of thiazole rings is 1. The van der Waals surface area contributed by atoms with Crippen molar-refractivity contribution >= 4 is 22.9 Å². The average Bonchev–Trinajstić information content (AvgIpc) is 3.21. The van der Waals surface area contributed by atoms with Gasteiger partial charge in [-0.15, -0.1) is 11.3 Å². The van der Waals surface area contributed by atoms with Gasteiger partial charge in [0.25, 0.3) is 0 Å². The minimum atomic E-state index is -0.165. The van der Waals surface area contributed by atoms with E-state index in [0.29, 0.717) is 30.6 Å². The Morgan fingerprint density at radius 1 is 1.20 bits per heavy atom. The van der Waals surface area contributed by atoms with Gasteiger partial charge in [-0.05, 0) is 74.0 Å². The summed E-state index contributed by atoms with van der Waals surface area (Å²) in [7, 11) is 0. The molecular weight excluding hydrogens is 458 g/mol. The number of rotatable bonds is 5. The number of ether oxygens (including phenoxy) is 2. The third-order valence-electron chi connectivity index (χ3n) is 9.01. The second-order valence-electron chi connectivity index (χ2n) is 11.1. The van der Waals surface area contributed by atoms with E-state index in [4.69, 9.17) is 20.2 Å². The minimum Gasteiger partial charge on any atom is -0.469 e. The highest BCUT2D eigenvalue weighted by atomic mass is 32.1. The van der Waals surface area contributed by atoms with Crippen LogP contribution in [-0.2, 0) is 14.3 Å². The minimum absolute atomic E-state index is 0.0179. The Kier molecular flexibility index (Phi) is 5.39. The Labute approximate surface area is 210 Å². The molecule has 3 fully saturated rings. The van der Waals surface area contributed by atoms with E-state index >= 15 is 0 Å². The number of amides is 1. The van der Waals surface area contributed by atoms with Gasteiger partial charge in [0.15, 0.2) is 6.79 Å². The standard InChI is InChI=1S/C28H33N3O3S/c29-27(32)16-6-4-15(5-7-16)25-21-11-19(21)10-20(18-8-9-23-24(12-18)34-14-33-23)26(31-25)22-13-35-28(30-22)17-2-1-3-17/h4,8-9,13,16-17,19,21,24-25,31H,1-3,5-7,10-12,14H2,(H2,29,32). The van der Waals surface area contributed by atoms with Crippen LogP contribution < -0.4 is 11.1 Å². The second kappa shape index (κ2) is 8.63. The lowest BCUT2D eigenvalue weighted by Crippen LogP contribution is -2.34. The Morgan fingerprint density at radius 2 is 2.11 bits per heavy atom. The van der Waals surface area contributed by atoms with Crippen LogP contribution in [0.5, 0.6) is 0 Å². The highest BCUT2D eigenvalue weighted by Gasteiger charge is 2.48. The van der Waals surface area contributed by atoms with E-state index in [-0.39, 0.29) is 17.9 Å². The van der Waals surface area contributed by atoms with Crippen molar-refractivity contribution in [3.8, 4) is 0 Å². The van der Waals surface area contributed by atoms with Crippen molar-refractivity contribution in [1.29, 1.82) is 0 Å². The molecule has 1 amide bonds. The molecule has 1 aromatic heterocycles. The van der Waals surface area contributed by atoms with Crippen LogP contribution in [0.2, 0.25) is 0 Å². The summed E-state index contributed by atoms with van der Waals surface area (Å²) in [5.41, 5.74) is 12.1. The number of aromatic nitrogens is 1. The fourth-order valence-electron chi connectivity index (χ4n) is 6.50. The topological polar surface area (TPSA) is 86.5 Å². The van der Waals surface area contributed by atoms with E-state index in [1.807, 2.05) is 11.3 Å². The first-order valence-corrected chi connectivity index (χ1v) is 14.1. The van der Waals surface area contributed by atoms with Crippen LogP contribution in [0.15, 0.2) is 46.1 Å². The van der Waals surface area contributed by atoms with Crippen molar-refractivity contribution in [3.63, 3.8) is 0 Å². The molecule has 5 unspecified atom stereocenters. The van der Waals surface area contributed by atoms with E-state index in [2.05, 4.69) is 28.9 Å². The normalized spacial score (nSPS) is 34.3. The maximum atomic E-state index is 11.7. The number of primary amides is 1. The zero-order valence-corrected chi connectivity index (χ0v) is 20.8. The van der Waals surface area contributed by atoms with E-state index in [9.17, 15) is 4.79 Å². The van der Waals surface area contributed by atoms with E-state index in [1.165, 1.54) is 53.1 Å².